The lowest BCUT2D eigenvalue weighted by Gasteiger charge is -2.34. The predicted octanol–water partition coefficient (Wildman–Crippen LogP) is 3.68. The minimum Gasteiger partial charge on any atom is -0.376 e. The third-order valence-corrected chi connectivity index (χ3v) is 7.39. The van der Waals surface area contributed by atoms with Gasteiger partial charge in [0.15, 0.2) is 0 Å². The minimum atomic E-state index is -0.779. The maximum absolute atomic E-state index is 13.6. The number of hydrogen-bond donors (Lipinski definition) is 2. The van der Waals surface area contributed by atoms with E-state index in [0.29, 0.717) is 18.0 Å². The minimum absolute atomic E-state index is 0.120. The molecule has 1 saturated carbocycles. The van der Waals surface area contributed by atoms with Crippen molar-refractivity contribution in [2.75, 3.05) is 19.7 Å². The van der Waals surface area contributed by atoms with Crippen LogP contribution in [-0.4, -0.2) is 54.5 Å². The number of rotatable bonds is 9. The SMILES string of the molecule is O=C(NCC(=O)N(C[C@@H]1CCCO1)[C@H](C(=O)NC1CCCCC1)c1ccccc1)c1cccs1. The Kier molecular flexibility index (Phi) is 8.71. The summed E-state index contributed by atoms with van der Waals surface area (Å²) in [7, 11) is 0. The molecule has 7 nitrogen and oxygen atoms in total. The molecule has 1 saturated heterocycles. The highest BCUT2D eigenvalue weighted by Crippen LogP contribution is 2.26. The molecule has 0 unspecified atom stereocenters. The highest BCUT2D eigenvalue weighted by atomic mass is 32.1. The largest absolute Gasteiger partial charge is 0.376 e. The summed E-state index contributed by atoms with van der Waals surface area (Å²) in [5.41, 5.74) is 0.756. The number of carbonyl (C=O) groups is 3. The zero-order valence-corrected chi connectivity index (χ0v) is 20.2. The number of ether oxygens (including phenoxy) is 1. The Hall–Kier alpha value is -2.71. The lowest BCUT2D eigenvalue weighted by molar-refractivity contribution is -0.142. The van der Waals surface area contributed by atoms with Crippen molar-refractivity contribution in [1.82, 2.24) is 15.5 Å². The van der Waals surface area contributed by atoms with E-state index in [2.05, 4.69) is 10.6 Å². The lowest BCUT2D eigenvalue weighted by atomic mass is 9.94. The first-order valence-electron chi connectivity index (χ1n) is 12.2. The van der Waals surface area contributed by atoms with E-state index in [1.807, 2.05) is 35.7 Å². The van der Waals surface area contributed by atoms with Gasteiger partial charge in [0.1, 0.15) is 6.04 Å². The monoisotopic (exact) mass is 483 g/mol. The van der Waals surface area contributed by atoms with Crippen molar-refractivity contribution in [3.8, 4) is 0 Å². The molecule has 8 heteroatoms. The zero-order valence-electron chi connectivity index (χ0n) is 19.4. The Labute approximate surface area is 204 Å². The van der Waals surface area contributed by atoms with Gasteiger partial charge in [0.25, 0.3) is 5.91 Å². The van der Waals surface area contributed by atoms with Crippen LogP contribution in [0.15, 0.2) is 47.8 Å². The van der Waals surface area contributed by atoms with E-state index in [1.54, 1.807) is 17.0 Å². The van der Waals surface area contributed by atoms with Gasteiger partial charge < -0.3 is 20.3 Å². The Morgan fingerprint density at radius 1 is 1.00 bits per heavy atom. The summed E-state index contributed by atoms with van der Waals surface area (Å²) in [6.45, 7) is 0.793. The molecule has 1 aromatic carbocycles. The van der Waals surface area contributed by atoms with E-state index in [9.17, 15) is 14.4 Å². The molecule has 1 aromatic heterocycles. The fraction of sp³-hybridized carbons (Fsp3) is 0.500. The first-order chi connectivity index (χ1) is 16.6. The van der Waals surface area contributed by atoms with Gasteiger partial charge >= 0.3 is 0 Å². The Balaban J connectivity index is 1.55. The van der Waals surface area contributed by atoms with Gasteiger partial charge in [-0.1, -0.05) is 55.7 Å². The van der Waals surface area contributed by atoms with Gasteiger partial charge in [-0.05, 0) is 42.7 Å². The second-order valence-electron chi connectivity index (χ2n) is 9.00. The third-order valence-electron chi connectivity index (χ3n) is 6.52. The summed E-state index contributed by atoms with van der Waals surface area (Å²) in [6.07, 6.45) is 6.99. The second kappa shape index (κ2) is 12.1. The normalized spacial score (nSPS) is 19.4. The molecule has 0 bridgehead atoms. The van der Waals surface area contributed by atoms with Crippen LogP contribution in [0.5, 0.6) is 0 Å². The summed E-state index contributed by atoms with van der Waals surface area (Å²) >= 11 is 1.32. The van der Waals surface area contributed by atoms with Crippen molar-refractivity contribution in [3.63, 3.8) is 0 Å². The smallest absolute Gasteiger partial charge is 0.261 e. The molecule has 3 amide bonds. The molecule has 2 atom stereocenters. The maximum Gasteiger partial charge on any atom is 0.261 e. The van der Waals surface area contributed by atoms with Crippen LogP contribution >= 0.6 is 11.3 Å². The molecule has 2 fully saturated rings. The summed E-state index contributed by atoms with van der Waals surface area (Å²) < 4.78 is 5.82. The molecule has 2 heterocycles. The summed E-state index contributed by atoms with van der Waals surface area (Å²) in [4.78, 5) is 41.7. The number of benzene rings is 1. The summed E-state index contributed by atoms with van der Waals surface area (Å²) in [6, 6.07) is 12.3. The van der Waals surface area contributed by atoms with Crippen LogP contribution in [0.4, 0.5) is 0 Å². The highest BCUT2D eigenvalue weighted by molar-refractivity contribution is 7.12. The van der Waals surface area contributed by atoms with Gasteiger partial charge in [-0.3, -0.25) is 14.4 Å². The predicted molar refractivity (Wildman–Crippen MR) is 132 cm³/mol. The topological polar surface area (TPSA) is 87.7 Å². The molecule has 0 spiro atoms. The molecule has 2 aromatic rings. The maximum atomic E-state index is 13.6. The van der Waals surface area contributed by atoms with Crippen molar-refractivity contribution in [1.29, 1.82) is 0 Å². The number of nitrogens with one attached hydrogen (secondary N) is 2. The van der Waals surface area contributed by atoms with Crippen molar-refractivity contribution in [2.24, 2.45) is 0 Å². The molecular formula is C26H33N3O4S. The molecule has 1 aliphatic heterocycles. The van der Waals surface area contributed by atoms with Crippen LogP contribution in [-0.2, 0) is 14.3 Å². The van der Waals surface area contributed by atoms with Crippen LogP contribution in [0.3, 0.4) is 0 Å². The van der Waals surface area contributed by atoms with Crippen LogP contribution < -0.4 is 10.6 Å². The van der Waals surface area contributed by atoms with Gasteiger partial charge in [0.2, 0.25) is 11.8 Å². The van der Waals surface area contributed by atoms with Gasteiger partial charge in [-0.2, -0.15) is 0 Å². The summed E-state index contributed by atoms with van der Waals surface area (Å²) in [5.74, 6) is -0.759. The second-order valence-corrected chi connectivity index (χ2v) is 9.95. The van der Waals surface area contributed by atoms with E-state index in [0.717, 1.165) is 44.1 Å². The molecule has 4 rings (SSSR count). The molecule has 2 aliphatic rings. The molecule has 1 aliphatic carbocycles. The van der Waals surface area contributed by atoms with Crippen molar-refractivity contribution < 1.29 is 19.1 Å². The Morgan fingerprint density at radius 3 is 2.47 bits per heavy atom. The molecule has 34 heavy (non-hydrogen) atoms. The molecule has 182 valence electrons. The van der Waals surface area contributed by atoms with Crippen molar-refractivity contribution in [2.45, 2.75) is 63.1 Å². The molecule has 2 N–H and O–H groups in total. The first-order valence-corrected chi connectivity index (χ1v) is 13.1. The van der Waals surface area contributed by atoms with Gasteiger partial charge in [-0.15, -0.1) is 11.3 Å². The fourth-order valence-electron chi connectivity index (χ4n) is 4.75. The number of thiophene rings is 1. The van der Waals surface area contributed by atoms with E-state index >= 15 is 0 Å². The van der Waals surface area contributed by atoms with Crippen LogP contribution in [0, 0.1) is 0 Å². The van der Waals surface area contributed by atoms with Gasteiger partial charge in [0, 0.05) is 19.2 Å². The first kappa shape index (κ1) is 24.4. The number of hydrogen-bond acceptors (Lipinski definition) is 5. The van der Waals surface area contributed by atoms with Gasteiger partial charge in [-0.25, -0.2) is 0 Å². The average Bonchev–Trinajstić information content (AvgIpc) is 3.58. The number of carbonyl (C=O) groups excluding carboxylic acids is 3. The van der Waals surface area contributed by atoms with Crippen LogP contribution in [0.2, 0.25) is 0 Å². The van der Waals surface area contributed by atoms with Crippen molar-refractivity contribution in [3.05, 3.63) is 58.3 Å². The zero-order chi connectivity index (χ0) is 23.8. The van der Waals surface area contributed by atoms with Crippen LogP contribution in [0.1, 0.15) is 66.2 Å². The fourth-order valence-corrected chi connectivity index (χ4v) is 5.39. The van der Waals surface area contributed by atoms with E-state index in [4.69, 9.17) is 4.74 Å². The lowest BCUT2D eigenvalue weighted by Crippen LogP contribution is -2.51. The van der Waals surface area contributed by atoms with E-state index in [1.165, 1.54) is 17.8 Å². The third kappa shape index (κ3) is 6.45. The van der Waals surface area contributed by atoms with E-state index < -0.39 is 6.04 Å². The summed E-state index contributed by atoms with van der Waals surface area (Å²) in [5, 5.41) is 7.75. The molecular weight excluding hydrogens is 450 g/mol. The molecule has 0 radical (unpaired) electrons. The van der Waals surface area contributed by atoms with Crippen LogP contribution in [0.25, 0.3) is 0 Å². The Morgan fingerprint density at radius 2 is 1.79 bits per heavy atom. The quantitative estimate of drug-likeness (QED) is 0.570. The highest BCUT2D eigenvalue weighted by Gasteiger charge is 2.35. The Bertz CT molecular complexity index is 938. The van der Waals surface area contributed by atoms with E-state index in [-0.39, 0.29) is 36.4 Å². The average molecular weight is 484 g/mol. The van der Waals surface area contributed by atoms with Crippen molar-refractivity contribution >= 4 is 29.1 Å². The number of amides is 3. The standard InChI is InChI=1S/C26H33N3O4S/c30-23(17-27-25(31)22-14-8-16-34-22)29(18-21-13-7-15-33-21)24(19-9-3-1-4-10-19)26(32)28-20-11-5-2-6-12-20/h1,3-4,8-10,14,16,20-21,24H,2,5-7,11-13,15,17-18H2,(H,27,31)(H,28,32)/t21-,24-/m0/s1. The van der Waals surface area contributed by atoms with Gasteiger partial charge in [0.05, 0.1) is 17.5 Å². The number of nitrogens with zero attached hydrogens (tertiary/aromatic N) is 1.